The molecule has 8 aromatic rings. The van der Waals surface area contributed by atoms with Gasteiger partial charge in [-0.05, 0) is 134 Å². The zero-order chi connectivity index (χ0) is 76.6. The molecule has 0 aliphatic carbocycles. The van der Waals surface area contributed by atoms with Crippen molar-refractivity contribution in [2.75, 3.05) is 88.0 Å². The minimum absolute atomic E-state index is 0.0231. The second-order valence-electron chi connectivity index (χ2n) is 22.1. The van der Waals surface area contributed by atoms with Gasteiger partial charge in [0.1, 0.15) is 46.6 Å². The van der Waals surface area contributed by atoms with Crippen molar-refractivity contribution in [1.82, 2.24) is 10.2 Å². The molecule has 0 saturated carbocycles. The fourth-order valence-corrected chi connectivity index (χ4v) is 9.89. The summed E-state index contributed by atoms with van der Waals surface area (Å²) >= 11 is 0. The van der Waals surface area contributed by atoms with Crippen molar-refractivity contribution in [1.29, 1.82) is 0 Å². The predicted molar refractivity (Wildman–Crippen MR) is 382 cm³/mol. The Morgan fingerprint density at radius 3 is 1.66 bits per heavy atom. The molecule has 548 valence electrons. The first kappa shape index (κ1) is 83.2. The average molecular weight is 1420 g/mol. The number of hydrogen-bond acceptors (Lipinski definition) is 23. The first-order valence-corrected chi connectivity index (χ1v) is 32.0. The molecular weight excluding hydrogens is 1340 g/mol. The van der Waals surface area contributed by atoms with Crippen LogP contribution < -0.4 is 33.9 Å². The minimum atomic E-state index is -0.527. The molecule has 0 bridgehead atoms. The number of methoxy groups -OCH3 is 7. The summed E-state index contributed by atoms with van der Waals surface area (Å²) in [5.74, 6) is 0.644. The highest BCUT2D eigenvalue weighted by Crippen LogP contribution is 2.41. The Bertz CT molecular complexity index is 4270. The number of alkyl carbamates (subject to hydrolysis) is 1. The number of amides is 3. The van der Waals surface area contributed by atoms with E-state index in [0.717, 1.165) is 16.3 Å². The zero-order valence-corrected chi connectivity index (χ0v) is 60.1. The lowest BCUT2D eigenvalue weighted by molar-refractivity contribution is -0.384. The molecular formula is C75H85N5O23. The number of fused-ring (bicyclic) bond motifs is 4. The van der Waals surface area contributed by atoms with Crippen molar-refractivity contribution < 1.29 is 100 Å². The van der Waals surface area contributed by atoms with Crippen molar-refractivity contribution in [2.24, 2.45) is 0 Å². The molecule has 28 nitrogen and oxygen atoms in total. The molecule has 3 amide bonds. The van der Waals surface area contributed by atoms with E-state index in [0.29, 0.717) is 111 Å². The summed E-state index contributed by atoms with van der Waals surface area (Å²) in [5.41, 5.74) is 5.49. The van der Waals surface area contributed by atoms with E-state index in [4.69, 9.17) is 32.8 Å². The summed E-state index contributed by atoms with van der Waals surface area (Å²) in [5, 5.41) is 26.6. The Labute approximate surface area is 595 Å². The minimum Gasteiger partial charge on any atom is -0.497 e. The molecule has 28 heteroatoms. The molecule has 1 aliphatic heterocycles. The number of esters is 3. The number of Topliss-reactive ketones (excluding diaryl/α,β-unsaturated/α-hetero) is 2. The summed E-state index contributed by atoms with van der Waals surface area (Å²) in [6, 6.07) is 37.4. The number of ether oxygens (including phenoxy) is 9. The standard InChI is InChI=1S/C16H15NO4.C16H14O4.C13H14N2O5.C11H15NO4.C11H12O4.C8H15NO2/c1-9(2)11-5-6-12-13-8-10(20-3)4-7-14(13)21-16(12)15(11)17(18)19;1-19-12-9-7-11(8-10-12)15(17)13-5-3-4-6-14(13)16(18)20-2;1-8(16)14-4-3-10-5-9(7-12(17)20-2)6-11(13(10)14)15(18)19;1-12-11(13)16-7-8-4-9(14-2)6-10(5-8)15-3;1-8(12)15-7-11(13)9-3-5-10(14-2)6-4-9;1-4-7(10)8(11)9(5-2)6-3/h4-9H,1-3H3;3-10H,1-2H3;5-6H,3-4,7H2,1-2H3;4-6H,7H2,1-3H3,(H,12,13);3-6H,7H2,1-2H3;4-6H2,1-3H3. The van der Waals surface area contributed by atoms with Crippen molar-refractivity contribution in [3.8, 4) is 28.7 Å². The molecule has 1 N–H and O–H groups in total. The van der Waals surface area contributed by atoms with Gasteiger partial charge in [-0.1, -0.05) is 51.1 Å². The molecule has 2 heterocycles. The molecule has 9 rings (SSSR count). The number of rotatable bonds is 22. The highest BCUT2D eigenvalue weighted by atomic mass is 16.6. The molecule has 0 atom stereocenters. The van der Waals surface area contributed by atoms with Crippen molar-refractivity contribution >= 4 is 92.2 Å². The molecule has 0 radical (unpaired) electrons. The van der Waals surface area contributed by atoms with Crippen LogP contribution in [0.1, 0.15) is 120 Å². The Balaban J connectivity index is 0.000000265. The molecule has 0 fully saturated rings. The van der Waals surface area contributed by atoms with E-state index in [1.165, 1.54) is 51.0 Å². The van der Waals surface area contributed by atoms with Gasteiger partial charge in [-0.25, -0.2) is 9.59 Å². The van der Waals surface area contributed by atoms with Gasteiger partial charge in [-0.3, -0.25) is 53.8 Å². The van der Waals surface area contributed by atoms with E-state index in [-0.39, 0.29) is 76.6 Å². The van der Waals surface area contributed by atoms with Crippen LogP contribution in [0, 0.1) is 20.2 Å². The molecule has 103 heavy (non-hydrogen) atoms. The van der Waals surface area contributed by atoms with Gasteiger partial charge < -0.3 is 62.2 Å². The van der Waals surface area contributed by atoms with Crippen molar-refractivity contribution in [2.45, 2.75) is 80.3 Å². The Morgan fingerprint density at radius 1 is 0.612 bits per heavy atom. The van der Waals surface area contributed by atoms with Gasteiger partial charge in [0, 0.05) is 92.1 Å². The number of benzene rings is 7. The van der Waals surface area contributed by atoms with Gasteiger partial charge in [-0.15, -0.1) is 0 Å². The lowest BCUT2D eigenvalue weighted by Gasteiger charge is -2.16. The number of nitro benzene ring substituents is 2. The lowest BCUT2D eigenvalue weighted by Crippen LogP contribution is -2.35. The molecule has 1 aromatic heterocycles. The zero-order valence-electron chi connectivity index (χ0n) is 60.1. The highest BCUT2D eigenvalue weighted by Gasteiger charge is 2.32. The van der Waals surface area contributed by atoms with Crippen LogP contribution in [-0.2, 0) is 62.4 Å². The van der Waals surface area contributed by atoms with E-state index in [1.54, 1.807) is 158 Å². The van der Waals surface area contributed by atoms with Gasteiger partial charge in [0.2, 0.25) is 17.3 Å². The van der Waals surface area contributed by atoms with E-state index in [2.05, 4.69) is 19.5 Å². The largest absolute Gasteiger partial charge is 0.497 e. The van der Waals surface area contributed by atoms with Gasteiger partial charge in [0.15, 0.2) is 18.2 Å². The van der Waals surface area contributed by atoms with Crippen LogP contribution in [0.3, 0.4) is 0 Å². The average Bonchev–Trinajstić information content (AvgIpc) is 1.63. The summed E-state index contributed by atoms with van der Waals surface area (Å²) in [6.07, 6.45) is 0.354. The third-order valence-electron chi connectivity index (χ3n) is 15.3. The van der Waals surface area contributed by atoms with Crippen LogP contribution in [-0.4, -0.2) is 151 Å². The molecule has 0 saturated heterocycles. The lowest BCUT2D eigenvalue weighted by atomic mass is 9.98. The second kappa shape index (κ2) is 41.4. The highest BCUT2D eigenvalue weighted by molar-refractivity contribution is 6.36. The topological polar surface area (TPSA) is 355 Å². The Hall–Kier alpha value is -12.2. The maximum Gasteiger partial charge on any atom is 0.407 e. The first-order chi connectivity index (χ1) is 49.1. The summed E-state index contributed by atoms with van der Waals surface area (Å²) in [6.45, 7) is 13.5. The van der Waals surface area contributed by atoms with E-state index in [9.17, 15) is 63.4 Å². The number of ketones is 3. The number of carbonyl (C=O) groups is 9. The quantitative estimate of drug-likeness (QED) is 0.0164. The number of furan rings is 1. The van der Waals surface area contributed by atoms with E-state index < -0.39 is 28.9 Å². The Morgan fingerprint density at radius 2 is 1.17 bits per heavy atom. The number of nitrogens with one attached hydrogen (secondary N) is 1. The van der Waals surface area contributed by atoms with Crippen LogP contribution >= 0.6 is 0 Å². The normalized spacial score (nSPS) is 10.6. The summed E-state index contributed by atoms with van der Waals surface area (Å²) < 4.78 is 49.9. The third kappa shape index (κ3) is 24.0. The number of carbonyl (C=O) groups excluding carboxylic acids is 9. The number of likely N-dealkylation sites (N-methyl/N-ethyl adjacent to an activating group) is 1. The number of hydrogen-bond donors (Lipinski definition) is 1. The van der Waals surface area contributed by atoms with Gasteiger partial charge in [0.25, 0.3) is 11.6 Å². The molecule has 0 spiro atoms. The van der Waals surface area contributed by atoms with Crippen LogP contribution in [0.4, 0.5) is 21.9 Å². The van der Waals surface area contributed by atoms with Gasteiger partial charge in [0.05, 0.1) is 71.6 Å². The van der Waals surface area contributed by atoms with Crippen LogP contribution in [0.2, 0.25) is 0 Å². The molecule has 7 aromatic carbocycles. The fourth-order valence-electron chi connectivity index (χ4n) is 9.89. The fraction of sp³-hybridized carbons (Fsp3) is 0.320. The van der Waals surface area contributed by atoms with Crippen molar-refractivity contribution in [3.05, 3.63) is 198 Å². The smallest absolute Gasteiger partial charge is 0.407 e. The van der Waals surface area contributed by atoms with Crippen LogP contribution in [0.25, 0.3) is 21.9 Å². The second-order valence-corrected chi connectivity index (χ2v) is 22.1. The number of nitrogens with zero attached hydrogens (tertiary/aromatic N) is 4. The predicted octanol–water partition coefficient (Wildman–Crippen LogP) is 12.4. The Kier molecular flexibility index (Phi) is 33.4. The van der Waals surface area contributed by atoms with E-state index >= 15 is 0 Å². The van der Waals surface area contributed by atoms with Crippen LogP contribution in [0.15, 0.2) is 138 Å². The summed E-state index contributed by atoms with van der Waals surface area (Å²) in [4.78, 5) is 126. The van der Waals surface area contributed by atoms with Crippen molar-refractivity contribution in [3.63, 3.8) is 0 Å². The van der Waals surface area contributed by atoms with Crippen LogP contribution in [0.5, 0.6) is 28.7 Å². The molecule has 0 unspecified atom stereocenters. The summed E-state index contributed by atoms with van der Waals surface area (Å²) in [7, 11) is 11.9. The SMILES string of the molecule is CCC(=O)C(=O)N(CC)CC.CNC(=O)OCc1cc(OC)cc(OC)c1.COC(=O)Cc1cc2c(c([N+](=O)[O-])c1)N(C(C)=O)CC2.COC(=O)c1ccccc1C(=O)c1ccc(OC)cc1.COc1ccc(C(=O)COC(C)=O)cc1.COc1ccc2oc3c([N+](=O)[O-])c(C(C)C)ccc3c2c1. The van der Waals surface area contributed by atoms with Gasteiger partial charge >= 0.3 is 29.7 Å². The number of nitro groups is 2. The van der Waals surface area contributed by atoms with Gasteiger partial charge in [-0.2, -0.15) is 0 Å². The molecule has 1 aliphatic rings. The third-order valence-corrected chi connectivity index (χ3v) is 15.3. The number of anilines is 1. The monoisotopic (exact) mass is 1420 g/mol. The maximum absolute atomic E-state index is 12.4. The maximum atomic E-state index is 12.4. The van der Waals surface area contributed by atoms with E-state index in [1.807, 2.05) is 39.8 Å². The first-order valence-electron chi connectivity index (χ1n) is 32.0.